The lowest BCUT2D eigenvalue weighted by Gasteiger charge is -2.08. The zero-order valence-corrected chi connectivity index (χ0v) is 12.5. The number of nitrogens with zero attached hydrogens (tertiary/aromatic N) is 2. The van der Waals surface area contributed by atoms with Gasteiger partial charge in [0.2, 0.25) is 11.6 Å². The molecule has 7 nitrogen and oxygen atoms in total. The van der Waals surface area contributed by atoms with Gasteiger partial charge < -0.3 is 9.84 Å². The SMILES string of the molecule is O=C(O)c1cc(Br)cnc1Oc1cc(Cl)ccc1[N+](=O)[O-]. The second-order valence-corrected chi connectivity index (χ2v) is 5.13. The first kappa shape index (κ1) is 15.2. The molecule has 0 atom stereocenters. The molecule has 0 saturated carbocycles. The minimum absolute atomic E-state index is 0.190. The van der Waals surface area contributed by atoms with E-state index in [-0.39, 0.29) is 27.9 Å². The number of nitro benzene ring substituents is 1. The highest BCUT2D eigenvalue weighted by molar-refractivity contribution is 9.10. The molecule has 108 valence electrons. The normalized spacial score (nSPS) is 10.2. The van der Waals surface area contributed by atoms with E-state index in [1.807, 2.05) is 0 Å². The number of aromatic nitrogens is 1. The molecule has 0 aliphatic carbocycles. The van der Waals surface area contributed by atoms with E-state index in [2.05, 4.69) is 20.9 Å². The third-order valence-electron chi connectivity index (χ3n) is 2.37. The summed E-state index contributed by atoms with van der Waals surface area (Å²) in [7, 11) is 0. The zero-order chi connectivity index (χ0) is 15.6. The zero-order valence-electron chi connectivity index (χ0n) is 10.1. The van der Waals surface area contributed by atoms with Crippen molar-refractivity contribution in [1.82, 2.24) is 4.98 Å². The molecule has 1 aromatic heterocycles. The van der Waals surface area contributed by atoms with Gasteiger partial charge in [-0.2, -0.15) is 0 Å². The van der Waals surface area contributed by atoms with Crippen molar-refractivity contribution in [3.05, 3.63) is 55.6 Å². The van der Waals surface area contributed by atoms with Gasteiger partial charge in [0.25, 0.3) is 0 Å². The predicted octanol–water partition coefficient (Wildman–Crippen LogP) is 3.90. The summed E-state index contributed by atoms with van der Waals surface area (Å²) in [5.74, 6) is -1.73. The van der Waals surface area contributed by atoms with Gasteiger partial charge in [0.1, 0.15) is 5.56 Å². The Hall–Kier alpha value is -2.19. The van der Waals surface area contributed by atoms with Crippen molar-refractivity contribution >= 4 is 39.2 Å². The van der Waals surface area contributed by atoms with Gasteiger partial charge in [0.15, 0.2) is 0 Å². The monoisotopic (exact) mass is 372 g/mol. The van der Waals surface area contributed by atoms with Gasteiger partial charge >= 0.3 is 11.7 Å². The first-order chi connectivity index (χ1) is 9.88. The molecule has 9 heteroatoms. The number of carbonyl (C=O) groups is 1. The number of aromatic carboxylic acids is 1. The quantitative estimate of drug-likeness (QED) is 0.644. The summed E-state index contributed by atoms with van der Waals surface area (Å²) in [6.07, 6.45) is 1.32. The number of halogens is 2. The maximum atomic E-state index is 11.1. The summed E-state index contributed by atoms with van der Waals surface area (Å²) >= 11 is 8.86. The van der Waals surface area contributed by atoms with Crippen LogP contribution in [0.4, 0.5) is 5.69 Å². The lowest BCUT2D eigenvalue weighted by molar-refractivity contribution is -0.385. The molecular formula is C12H6BrClN2O5. The van der Waals surface area contributed by atoms with Gasteiger partial charge in [-0.05, 0) is 28.1 Å². The van der Waals surface area contributed by atoms with Crippen LogP contribution in [0.25, 0.3) is 0 Å². The first-order valence-electron chi connectivity index (χ1n) is 5.39. The summed E-state index contributed by atoms with van der Waals surface area (Å²) in [6, 6.07) is 4.99. The smallest absolute Gasteiger partial charge is 0.341 e. The van der Waals surface area contributed by atoms with Gasteiger partial charge in [-0.25, -0.2) is 9.78 Å². The molecule has 0 spiro atoms. The topological polar surface area (TPSA) is 103 Å². The Bertz CT molecular complexity index is 738. The predicted molar refractivity (Wildman–Crippen MR) is 77.1 cm³/mol. The lowest BCUT2D eigenvalue weighted by atomic mass is 10.2. The standard InChI is InChI=1S/C12H6BrClN2O5/c13-6-3-8(12(17)18)11(15-5-6)21-10-4-7(14)1-2-9(10)16(19)20/h1-5H,(H,17,18). The van der Waals surface area contributed by atoms with Crippen LogP contribution in [0.15, 0.2) is 34.9 Å². The van der Waals surface area contributed by atoms with E-state index < -0.39 is 10.9 Å². The van der Waals surface area contributed by atoms with Crippen LogP contribution >= 0.6 is 27.5 Å². The molecular weight excluding hydrogens is 367 g/mol. The Morgan fingerprint density at radius 3 is 2.76 bits per heavy atom. The minimum atomic E-state index is -1.27. The van der Waals surface area contributed by atoms with Crippen LogP contribution in [-0.2, 0) is 0 Å². The molecule has 2 aromatic rings. The van der Waals surface area contributed by atoms with Crippen LogP contribution in [0.1, 0.15) is 10.4 Å². The molecule has 21 heavy (non-hydrogen) atoms. The number of nitro groups is 1. The molecule has 0 fully saturated rings. The van der Waals surface area contributed by atoms with Crippen LogP contribution in [0.3, 0.4) is 0 Å². The number of rotatable bonds is 4. The fourth-order valence-electron chi connectivity index (χ4n) is 1.49. The van der Waals surface area contributed by atoms with Crippen molar-refractivity contribution in [3.63, 3.8) is 0 Å². The van der Waals surface area contributed by atoms with Crippen molar-refractivity contribution in [2.24, 2.45) is 0 Å². The summed E-state index contributed by atoms with van der Waals surface area (Å²) in [4.78, 5) is 25.2. The molecule has 0 saturated heterocycles. The fourth-order valence-corrected chi connectivity index (χ4v) is 1.98. The second-order valence-electron chi connectivity index (χ2n) is 3.78. The molecule has 0 radical (unpaired) electrons. The van der Waals surface area contributed by atoms with E-state index in [1.54, 1.807) is 0 Å². The van der Waals surface area contributed by atoms with Crippen LogP contribution in [-0.4, -0.2) is 21.0 Å². The third-order valence-corrected chi connectivity index (χ3v) is 3.04. The second kappa shape index (κ2) is 6.06. The number of hydrogen-bond donors (Lipinski definition) is 1. The van der Waals surface area contributed by atoms with Crippen LogP contribution in [0.2, 0.25) is 5.02 Å². The molecule has 0 amide bonds. The number of ether oxygens (including phenoxy) is 1. The highest BCUT2D eigenvalue weighted by Crippen LogP contribution is 2.34. The molecule has 2 rings (SSSR count). The average Bonchev–Trinajstić information content (AvgIpc) is 2.40. The first-order valence-corrected chi connectivity index (χ1v) is 6.56. The number of hydrogen-bond acceptors (Lipinski definition) is 5. The van der Waals surface area contributed by atoms with Crippen LogP contribution in [0, 0.1) is 10.1 Å². The van der Waals surface area contributed by atoms with Gasteiger partial charge in [-0.3, -0.25) is 10.1 Å². The Labute approximate surface area is 131 Å². The Kier molecular flexibility index (Phi) is 4.39. The number of carboxylic acids is 1. The van der Waals surface area contributed by atoms with Gasteiger partial charge in [0.05, 0.1) is 4.92 Å². The van der Waals surface area contributed by atoms with E-state index in [4.69, 9.17) is 21.4 Å². The van der Waals surface area contributed by atoms with Crippen molar-refractivity contribution in [2.45, 2.75) is 0 Å². The summed E-state index contributed by atoms with van der Waals surface area (Å²) < 4.78 is 5.70. The largest absolute Gasteiger partial charge is 0.477 e. The number of carboxylic acid groups (broad SMARTS) is 1. The highest BCUT2D eigenvalue weighted by Gasteiger charge is 2.20. The van der Waals surface area contributed by atoms with E-state index >= 15 is 0 Å². The van der Waals surface area contributed by atoms with E-state index in [0.717, 1.165) is 6.07 Å². The summed E-state index contributed by atoms with van der Waals surface area (Å²) in [5, 5.41) is 20.2. The Balaban J connectivity index is 2.50. The Morgan fingerprint density at radius 1 is 1.43 bits per heavy atom. The molecule has 1 heterocycles. The molecule has 1 N–H and O–H groups in total. The molecule has 0 bridgehead atoms. The van der Waals surface area contributed by atoms with Crippen LogP contribution in [0.5, 0.6) is 11.6 Å². The van der Waals surface area contributed by atoms with Crippen molar-refractivity contribution < 1.29 is 19.6 Å². The molecule has 0 aliphatic rings. The molecule has 0 unspecified atom stereocenters. The van der Waals surface area contributed by atoms with Crippen molar-refractivity contribution in [1.29, 1.82) is 0 Å². The van der Waals surface area contributed by atoms with E-state index in [9.17, 15) is 14.9 Å². The molecule has 1 aromatic carbocycles. The maximum absolute atomic E-state index is 11.1. The highest BCUT2D eigenvalue weighted by atomic mass is 79.9. The lowest BCUT2D eigenvalue weighted by Crippen LogP contribution is -2.03. The average molecular weight is 374 g/mol. The van der Waals surface area contributed by atoms with Gasteiger partial charge in [0, 0.05) is 27.8 Å². The minimum Gasteiger partial charge on any atom is -0.477 e. The van der Waals surface area contributed by atoms with Crippen molar-refractivity contribution in [3.8, 4) is 11.6 Å². The molecule has 0 aliphatic heterocycles. The fraction of sp³-hybridized carbons (Fsp3) is 0. The van der Waals surface area contributed by atoms with Crippen LogP contribution < -0.4 is 4.74 Å². The summed E-state index contributed by atoms with van der Waals surface area (Å²) in [5.41, 5.74) is -0.584. The number of pyridine rings is 1. The van der Waals surface area contributed by atoms with Crippen molar-refractivity contribution in [2.75, 3.05) is 0 Å². The summed E-state index contributed by atoms with van der Waals surface area (Å²) in [6.45, 7) is 0. The Morgan fingerprint density at radius 2 is 2.14 bits per heavy atom. The third kappa shape index (κ3) is 3.47. The number of benzene rings is 1. The maximum Gasteiger partial charge on any atom is 0.341 e. The van der Waals surface area contributed by atoms with E-state index in [0.29, 0.717) is 4.47 Å². The van der Waals surface area contributed by atoms with Gasteiger partial charge in [-0.1, -0.05) is 11.6 Å². The van der Waals surface area contributed by atoms with Gasteiger partial charge in [-0.15, -0.1) is 0 Å². The van der Waals surface area contributed by atoms with E-state index in [1.165, 1.54) is 24.4 Å².